The Morgan fingerprint density at radius 3 is 2.30 bits per heavy atom. The van der Waals surface area contributed by atoms with Gasteiger partial charge in [-0.2, -0.15) is 23.7 Å². The fourth-order valence-electron chi connectivity index (χ4n) is 4.17. The average Bonchev–Trinajstić information content (AvgIpc) is 2.90. The van der Waals surface area contributed by atoms with E-state index in [9.17, 15) is 28.5 Å². The zero-order chi connectivity index (χ0) is 29.8. The Hall–Kier alpha value is -3.96. The second-order valence-electron chi connectivity index (χ2n) is 9.63. The first-order chi connectivity index (χ1) is 18.8. The summed E-state index contributed by atoms with van der Waals surface area (Å²) in [6, 6.07) is 11.9. The third kappa shape index (κ3) is 6.43. The molecule has 0 saturated heterocycles. The fraction of sp³-hybridized carbons (Fsp3) is 0.379. The molecule has 210 valence electrons. The van der Waals surface area contributed by atoms with Gasteiger partial charge in [-0.1, -0.05) is 63.7 Å². The van der Waals surface area contributed by atoms with Crippen molar-refractivity contribution in [1.29, 1.82) is 10.5 Å². The van der Waals surface area contributed by atoms with Gasteiger partial charge in [-0.05, 0) is 36.0 Å². The summed E-state index contributed by atoms with van der Waals surface area (Å²) in [6.07, 6.45) is -4.77. The first-order valence-corrected chi connectivity index (χ1v) is 13.5. The molecule has 0 aliphatic carbocycles. The fourth-order valence-corrected chi connectivity index (χ4v) is 5.12. The van der Waals surface area contributed by atoms with Crippen LogP contribution in [-0.2, 0) is 20.4 Å². The van der Waals surface area contributed by atoms with E-state index in [1.54, 1.807) is 39.0 Å². The van der Waals surface area contributed by atoms with Gasteiger partial charge in [-0.3, -0.25) is 0 Å². The van der Waals surface area contributed by atoms with Gasteiger partial charge in [-0.25, -0.2) is 9.78 Å². The number of halogens is 3. The molecule has 1 aromatic carbocycles. The lowest BCUT2D eigenvalue weighted by Crippen LogP contribution is -2.27. The number of carbonyl (C=O) groups excluding carboxylic acids is 1. The molecule has 2 aromatic rings. The number of allylic oxidation sites excluding steroid dienone is 1. The molecule has 2 N–H and O–H groups in total. The van der Waals surface area contributed by atoms with Gasteiger partial charge < -0.3 is 15.2 Å². The molecule has 0 fully saturated rings. The van der Waals surface area contributed by atoms with Crippen LogP contribution in [0.2, 0.25) is 0 Å². The number of hydrogen-bond donors (Lipinski definition) is 1. The molecule has 3 rings (SSSR count). The Morgan fingerprint density at radius 2 is 1.80 bits per heavy atom. The highest BCUT2D eigenvalue weighted by molar-refractivity contribution is 7.99. The van der Waals surface area contributed by atoms with Crippen LogP contribution in [0.3, 0.4) is 0 Å². The van der Waals surface area contributed by atoms with Crippen LogP contribution in [0.5, 0.6) is 0 Å². The van der Waals surface area contributed by atoms with Gasteiger partial charge in [0.25, 0.3) is 0 Å². The van der Waals surface area contributed by atoms with E-state index in [1.165, 1.54) is 0 Å². The lowest BCUT2D eigenvalue weighted by Gasteiger charge is -2.28. The van der Waals surface area contributed by atoms with Crippen molar-refractivity contribution >= 4 is 17.7 Å². The highest BCUT2D eigenvalue weighted by Gasteiger charge is 2.39. The van der Waals surface area contributed by atoms with E-state index in [4.69, 9.17) is 15.2 Å². The second-order valence-corrected chi connectivity index (χ2v) is 10.6. The van der Waals surface area contributed by atoms with Crippen LogP contribution in [0.4, 0.5) is 13.2 Å². The van der Waals surface area contributed by atoms with E-state index in [0.29, 0.717) is 5.56 Å². The summed E-state index contributed by atoms with van der Waals surface area (Å²) in [6.45, 7) is 9.11. The molecule has 1 aliphatic rings. The van der Waals surface area contributed by atoms with Crippen molar-refractivity contribution in [3.63, 3.8) is 0 Å². The number of alkyl halides is 3. The quantitative estimate of drug-likeness (QED) is 0.277. The molecule has 0 saturated carbocycles. The number of nitrogens with zero attached hydrogens (tertiary/aromatic N) is 3. The number of aromatic nitrogens is 1. The van der Waals surface area contributed by atoms with Crippen LogP contribution >= 0.6 is 11.8 Å². The van der Waals surface area contributed by atoms with E-state index >= 15 is 0 Å². The Bertz CT molecular complexity index is 1430. The number of hydrogen-bond acceptors (Lipinski definition) is 8. The van der Waals surface area contributed by atoms with Gasteiger partial charge in [-0.15, -0.1) is 0 Å². The molecular weight excluding hydrogens is 541 g/mol. The zero-order valence-electron chi connectivity index (χ0n) is 22.7. The van der Waals surface area contributed by atoms with Crippen molar-refractivity contribution in [2.45, 2.75) is 63.6 Å². The van der Waals surface area contributed by atoms with Crippen molar-refractivity contribution < 1.29 is 27.4 Å². The molecule has 7 nitrogen and oxygen atoms in total. The minimum absolute atomic E-state index is 0.00565. The monoisotopic (exact) mass is 570 g/mol. The van der Waals surface area contributed by atoms with E-state index in [-0.39, 0.29) is 57.7 Å². The Labute approximate surface area is 235 Å². The molecular formula is C29H29F3N4O3S. The van der Waals surface area contributed by atoms with E-state index in [2.05, 4.69) is 4.98 Å². The zero-order valence-corrected chi connectivity index (χ0v) is 23.5. The Kier molecular flexibility index (Phi) is 9.54. The van der Waals surface area contributed by atoms with Crippen molar-refractivity contribution in [3.05, 3.63) is 81.1 Å². The maximum atomic E-state index is 13.8. The van der Waals surface area contributed by atoms with Crippen LogP contribution in [0.25, 0.3) is 0 Å². The number of nitrogens with two attached hydrogens (primary N) is 1. The van der Waals surface area contributed by atoms with Crippen molar-refractivity contribution in [1.82, 2.24) is 4.98 Å². The minimum atomic E-state index is -4.77. The van der Waals surface area contributed by atoms with Crippen LogP contribution in [0.1, 0.15) is 80.3 Å². The van der Waals surface area contributed by atoms with Gasteiger partial charge in [0.2, 0.25) is 5.88 Å². The minimum Gasteiger partial charge on any atom is -0.463 e. The van der Waals surface area contributed by atoms with Crippen LogP contribution in [-0.4, -0.2) is 23.3 Å². The summed E-state index contributed by atoms with van der Waals surface area (Å²) in [5, 5.41) is 19.4. The third-order valence-electron chi connectivity index (χ3n) is 6.28. The summed E-state index contributed by atoms with van der Waals surface area (Å²) in [5.74, 6) is -2.20. The van der Waals surface area contributed by atoms with Gasteiger partial charge >= 0.3 is 12.1 Å². The lowest BCUT2D eigenvalue weighted by atomic mass is 9.82. The van der Waals surface area contributed by atoms with E-state index < -0.39 is 29.2 Å². The molecule has 40 heavy (non-hydrogen) atoms. The highest BCUT2D eigenvalue weighted by Crippen LogP contribution is 2.43. The van der Waals surface area contributed by atoms with Crippen LogP contribution in [0, 0.1) is 22.7 Å². The molecule has 0 spiro atoms. The Morgan fingerprint density at radius 1 is 1.15 bits per heavy atom. The summed E-state index contributed by atoms with van der Waals surface area (Å²) in [5.41, 5.74) is 6.21. The number of nitriles is 2. The van der Waals surface area contributed by atoms with Crippen LogP contribution in [0.15, 0.2) is 58.1 Å². The predicted octanol–water partition coefficient (Wildman–Crippen LogP) is 6.64. The molecule has 1 atom stereocenters. The number of esters is 1. The van der Waals surface area contributed by atoms with Gasteiger partial charge in [0.15, 0.2) is 0 Å². The third-order valence-corrected chi connectivity index (χ3v) is 7.26. The predicted molar refractivity (Wildman–Crippen MR) is 144 cm³/mol. The molecule has 0 radical (unpaired) electrons. The number of thioether (sulfide) groups is 1. The van der Waals surface area contributed by atoms with Gasteiger partial charge in [0, 0.05) is 5.69 Å². The molecule has 1 aliphatic heterocycles. The van der Waals surface area contributed by atoms with Crippen LogP contribution < -0.4 is 5.73 Å². The molecule has 2 heterocycles. The summed E-state index contributed by atoms with van der Waals surface area (Å²) >= 11 is 0.808. The molecule has 0 amide bonds. The largest absolute Gasteiger partial charge is 0.463 e. The second kappa shape index (κ2) is 12.5. The summed E-state index contributed by atoms with van der Waals surface area (Å²) in [7, 11) is 0. The van der Waals surface area contributed by atoms with Crippen molar-refractivity contribution in [3.8, 4) is 12.1 Å². The number of carbonyl (C=O) groups is 1. The molecule has 1 aromatic heterocycles. The number of ether oxygens (including phenoxy) is 2. The average molecular weight is 571 g/mol. The molecule has 1 unspecified atom stereocenters. The van der Waals surface area contributed by atoms with E-state index in [0.717, 1.165) is 23.4 Å². The van der Waals surface area contributed by atoms with Crippen molar-refractivity contribution in [2.24, 2.45) is 5.73 Å². The Balaban J connectivity index is 2.16. The normalized spacial score (nSPS) is 15.7. The molecule has 11 heteroatoms. The van der Waals surface area contributed by atoms with Gasteiger partial charge in [0.05, 0.1) is 35.0 Å². The maximum Gasteiger partial charge on any atom is 0.417 e. The maximum absolute atomic E-state index is 13.8. The lowest BCUT2D eigenvalue weighted by molar-refractivity contribution is -0.139. The number of benzene rings is 1. The first kappa shape index (κ1) is 30.6. The first-order valence-electron chi connectivity index (χ1n) is 12.6. The standard InChI is InChI=1S/C29H29F3N4O3S/c1-6-38-28(37)25-23(14-40-27-19(12-33)21(29(30,31)32)11-22(36-27)16(4)5)39-26(35)20(13-34)24(25)18-9-7-17(8-10-18)15(2)3/h7-11,15-16,24H,6,14,35H2,1-5H3. The SMILES string of the molecule is CCOC(=O)C1=C(CSc2nc(C(C)C)cc(C(F)(F)F)c2C#N)OC(N)=C(C#N)C1c1ccc(C(C)C)cc1. The van der Waals surface area contributed by atoms with E-state index in [1.807, 2.05) is 32.0 Å². The smallest absolute Gasteiger partial charge is 0.417 e. The molecule has 0 bridgehead atoms. The summed E-state index contributed by atoms with van der Waals surface area (Å²) < 4.78 is 52.5. The summed E-state index contributed by atoms with van der Waals surface area (Å²) in [4.78, 5) is 17.6. The van der Waals surface area contributed by atoms with Gasteiger partial charge in [0.1, 0.15) is 28.5 Å². The number of pyridine rings is 1. The highest BCUT2D eigenvalue weighted by atomic mass is 32.2. The van der Waals surface area contributed by atoms with Crippen molar-refractivity contribution in [2.75, 3.05) is 12.4 Å². The topological polar surface area (TPSA) is 122 Å². The number of rotatable bonds is 8.